The molecule has 8 heteroatoms. The molecule has 0 atom stereocenters. The maximum Gasteiger partial charge on any atom is 0.230 e. The Morgan fingerprint density at radius 1 is 1.39 bits per heavy atom. The number of amides is 2. The average molecular weight is 370 g/mol. The van der Waals surface area contributed by atoms with Gasteiger partial charge in [-0.3, -0.25) is 14.5 Å². The van der Waals surface area contributed by atoms with Crippen molar-refractivity contribution in [1.82, 2.24) is 4.98 Å². The second-order valence-corrected chi connectivity index (χ2v) is 6.80. The number of rotatable bonds is 4. The summed E-state index contributed by atoms with van der Waals surface area (Å²) in [7, 11) is 0. The second-order valence-electron chi connectivity index (χ2n) is 5.12. The minimum Gasteiger partial charge on any atom is -0.324 e. The molecular formula is C15H13Cl2N3O2S. The van der Waals surface area contributed by atoms with Crippen LogP contribution in [0.15, 0.2) is 23.6 Å². The van der Waals surface area contributed by atoms with Gasteiger partial charge in [0.05, 0.1) is 22.8 Å². The van der Waals surface area contributed by atoms with Crippen molar-refractivity contribution in [2.45, 2.75) is 19.3 Å². The Balaban J connectivity index is 1.64. The van der Waals surface area contributed by atoms with Crippen molar-refractivity contribution < 1.29 is 9.59 Å². The molecule has 5 nitrogen and oxygen atoms in total. The van der Waals surface area contributed by atoms with Crippen LogP contribution in [-0.2, 0) is 16.0 Å². The summed E-state index contributed by atoms with van der Waals surface area (Å²) in [4.78, 5) is 29.8. The zero-order chi connectivity index (χ0) is 16.4. The Hall–Kier alpha value is -1.63. The molecule has 120 valence electrons. The summed E-state index contributed by atoms with van der Waals surface area (Å²) < 4.78 is 0. The molecule has 1 aliphatic rings. The van der Waals surface area contributed by atoms with Crippen molar-refractivity contribution in [3.05, 3.63) is 39.3 Å². The van der Waals surface area contributed by atoms with Gasteiger partial charge in [-0.15, -0.1) is 11.3 Å². The van der Waals surface area contributed by atoms with Crippen molar-refractivity contribution in [3.8, 4) is 0 Å². The van der Waals surface area contributed by atoms with Crippen molar-refractivity contribution in [1.29, 1.82) is 0 Å². The molecule has 23 heavy (non-hydrogen) atoms. The number of carbonyl (C=O) groups excluding carboxylic acids is 2. The highest BCUT2D eigenvalue weighted by Gasteiger charge is 2.24. The van der Waals surface area contributed by atoms with Gasteiger partial charge in [-0.2, -0.15) is 0 Å². The highest BCUT2D eigenvalue weighted by atomic mass is 35.5. The van der Waals surface area contributed by atoms with Gasteiger partial charge in [0.2, 0.25) is 11.8 Å². The summed E-state index contributed by atoms with van der Waals surface area (Å²) in [6, 6.07) is 4.87. The number of nitrogens with zero attached hydrogens (tertiary/aromatic N) is 2. The first-order valence-electron chi connectivity index (χ1n) is 7.02. The van der Waals surface area contributed by atoms with Crippen LogP contribution >= 0.6 is 34.5 Å². The van der Waals surface area contributed by atoms with Crippen LogP contribution in [0.25, 0.3) is 0 Å². The maximum atomic E-state index is 12.1. The molecule has 1 aromatic carbocycles. The maximum absolute atomic E-state index is 12.1. The summed E-state index contributed by atoms with van der Waals surface area (Å²) in [6.07, 6.45) is 1.53. The number of benzene rings is 1. The number of anilines is 2. The average Bonchev–Trinajstić information content (AvgIpc) is 3.10. The van der Waals surface area contributed by atoms with Gasteiger partial charge in [0.25, 0.3) is 0 Å². The van der Waals surface area contributed by atoms with Crippen LogP contribution in [0.1, 0.15) is 18.5 Å². The molecule has 3 rings (SSSR count). The van der Waals surface area contributed by atoms with Gasteiger partial charge in [-0.05, 0) is 24.6 Å². The monoisotopic (exact) mass is 369 g/mol. The summed E-state index contributed by atoms with van der Waals surface area (Å²) in [6.45, 7) is 0.693. The molecule has 1 saturated heterocycles. The van der Waals surface area contributed by atoms with E-state index in [0.29, 0.717) is 39.5 Å². The van der Waals surface area contributed by atoms with Crippen molar-refractivity contribution in [2.75, 3.05) is 16.8 Å². The Kier molecular flexibility index (Phi) is 4.84. The van der Waals surface area contributed by atoms with Gasteiger partial charge in [0.15, 0.2) is 5.13 Å². The molecule has 0 radical (unpaired) electrons. The standard InChI is InChI=1S/C15H13Cl2N3O2S/c16-9-3-4-12(11(17)6-9)19-13(21)7-10-8-23-15(18-10)20-5-1-2-14(20)22/h3-4,6,8H,1-2,5,7H2,(H,19,21). The quantitative estimate of drug-likeness (QED) is 0.892. The van der Waals surface area contributed by atoms with E-state index in [1.807, 2.05) is 0 Å². The second kappa shape index (κ2) is 6.86. The lowest BCUT2D eigenvalue weighted by molar-refractivity contribution is -0.117. The fourth-order valence-corrected chi connectivity index (χ4v) is 3.63. The van der Waals surface area contributed by atoms with Crippen LogP contribution in [0.4, 0.5) is 10.8 Å². The topological polar surface area (TPSA) is 62.3 Å². The number of halogens is 2. The number of hydrogen-bond donors (Lipinski definition) is 1. The Morgan fingerprint density at radius 3 is 2.91 bits per heavy atom. The summed E-state index contributed by atoms with van der Waals surface area (Å²) in [5.74, 6) is -0.137. The molecule has 0 spiro atoms. The van der Waals surface area contributed by atoms with Crippen LogP contribution < -0.4 is 10.2 Å². The Labute approximate surface area is 147 Å². The van der Waals surface area contributed by atoms with Gasteiger partial charge in [-0.1, -0.05) is 23.2 Å². The Morgan fingerprint density at radius 2 is 2.22 bits per heavy atom. The fourth-order valence-electron chi connectivity index (χ4n) is 2.30. The normalized spacial score (nSPS) is 14.3. The van der Waals surface area contributed by atoms with E-state index in [0.717, 1.165) is 6.42 Å². The third kappa shape index (κ3) is 3.83. The van der Waals surface area contributed by atoms with Crippen LogP contribution in [0.2, 0.25) is 10.0 Å². The minimum atomic E-state index is -0.223. The van der Waals surface area contributed by atoms with E-state index in [-0.39, 0.29) is 18.2 Å². The molecule has 0 bridgehead atoms. The lowest BCUT2D eigenvalue weighted by Gasteiger charge is -2.10. The van der Waals surface area contributed by atoms with E-state index in [1.54, 1.807) is 28.5 Å². The number of aromatic nitrogens is 1. The zero-order valence-corrected chi connectivity index (χ0v) is 14.3. The lowest BCUT2D eigenvalue weighted by atomic mass is 10.3. The SMILES string of the molecule is O=C(Cc1csc(N2CCCC2=O)n1)Nc1ccc(Cl)cc1Cl. The molecule has 2 aromatic rings. The van der Waals surface area contributed by atoms with E-state index in [9.17, 15) is 9.59 Å². The van der Waals surface area contributed by atoms with Crippen molar-refractivity contribution in [3.63, 3.8) is 0 Å². The number of hydrogen-bond acceptors (Lipinski definition) is 4. The molecule has 1 fully saturated rings. The van der Waals surface area contributed by atoms with E-state index in [2.05, 4.69) is 10.3 Å². The van der Waals surface area contributed by atoms with Gasteiger partial charge in [0, 0.05) is 23.4 Å². The van der Waals surface area contributed by atoms with Crippen molar-refractivity contribution in [2.24, 2.45) is 0 Å². The molecule has 2 heterocycles. The van der Waals surface area contributed by atoms with Gasteiger partial charge >= 0.3 is 0 Å². The third-order valence-corrected chi connectivity index (χ3v) is 4.85. The van der Waals surface area contributed by atoms with Crippen LogP contribution in [-0.4, -0.2) is 23.3 Å². The predicted octanol–water partition coefficient (Wildman–Crippen LogP) is 3.76. The first-order valence-corrected chi connectivity index (χ1v) is 8.66. The van der Waals surface area contributed by atoms with Gasteiger partial charge < -0.3 is 5.32 Å². The van der Waals surface area contributed by atoms with Crippen molar-refractivity contribution >= 4 is 57.2 Å². The summed E-state index contributed by atoms with van der Waals surface area (Å²) in [5.41, 5.74) is 1.14. The molecule has 2 amide bonds. The predicted molar refractivity (Wildman–Crippen MR) is 92.5 cm³/mol. The molecule has 0 aliphatic carbocycles. The fraction of sp³-hybridized carbons (Fsp3) is 0.267. The largest absolute Gasteiger partial charge is 0.324 e. The molecule has 0 saturated carbocycles. The summed E-state index contributed by atoms with van der Waals surface area (Å²) >= 11 is 13.2. The van der Waals surface area contributed by atoms with E-state index < -0.39 is 0 Å². The smallest absolute Gasteiger partial charge is 0.230 e. The highest BCUT2D eigenvalue weighted by Crippen LogP contribution is 2.27. The van der Waals surface area contributed by atoms with E-state index in [1.165, 1.54) is 11.3 Å². The number of carbonyl (C=O) groups is 2. The Bertz CT molecular complexity index is 763. The van der Waals surface area contributed by atoms with Crippen LogP contribution in [0.3, 0.4) is 0 Å². The van der Waals surface area contributed by atoms with Gasteiger partial charge in [0.1, 0.15) is 0 Å². The third-order valence-electron chi connectivity index (χ3n) is 3.39. The molecule has 1 N–H and O–H groups in total. The molecular weight excluding hydrogens is 357 g/mol. The lowest BCUT2D eigenvalue weighted by Crippen LogP contribution is -2.23. The number of thiazole rings is 1. The first kappa shape index (κ1) is 16.2. The zero-order valence-electron chi connectivity index (χ0n) is 12.0. The molecule has 1 aliphatic heterocycles. The minimum absolute atomic E-state index is 0.0864. The van der Waals surface area contributed by atoms with E-state index >= 15 is 0 Å². The first-order chi connectivity index (χ1) is 11.0. The van der Waals surface area contributed by atoms with Gasteiger partial charge in [-0.25, -0.2) is 4.98 Å². The van der Waals surface area contributed by atoms with Crippen LogP contribution in [0.5, 0.6) is 0 Å². The molecule has 1 aromatic heterocycles. The molecule has 0 unspecified atom stereocenters. The number of nitrogens with one attached hydrogen (secondary N) is 1. The van der Waals surface area contributed by atoms with E-state index in [4.69, 9.17) is 23.2 Å². The summed E-state index contributed by atoms with van der Waals surface area (Å²) in [5, 5.41) is 6.07. The van der Waals surface area contributed by atoms with Crippen LogP contribution in [0, 0.1) is 0 Å². The highest BCUT2D eigenvalue weighted by molar-refractivity contribution is 7.14.